The highest BCUT2D eigenvalue weighted by atomic mass is 79.9. The van der Waals surface area contributed by atoms with Gasteiger partial charge in [-0.2, -0.15) is 0 Å². The minimum Gasteiger partial charge on any atom is -0.421 e. The lowest BCUT2D eigenvalue weighted by molar-refractivity contribution is 0.111. The first-order valence-corrected chi connectivity index (χ1v) is 6.33. The maximum Gasteiger partial charge on any atom is 0.228 e. The Balaban J connectivity index is 2.31. The van der Waals surface area contributed by atoms with E-state index in [1.807, 2.05) is 0 Å². The molecule has 20 heavy (non-hydrogen) atoms. The van der Waals surface area contributed by atoms with Crippen LogP contribution in [0.3, 0.4) is 0 Å². The monoisotopic (exact) mass is 332 g/mol. The molecule has 0 spiro atoms. The van der Waals surface area contributed by atoms with Crippen molar-refractivity contribution >= 4 is 33.7 Å². The van der Waals surface area contributed by atoms with Crippen LogP contribution >= 0.6 is 15.9 Å². The fourth-order valence-corrected chi connectivity index (χ4v) is 1.77. The van der Waals surface area contributed by atoms with E-state index in [9.17, 15) is 4.79 Å². The summed E-state index contributed by atoms with van der Waals surface area (Å²) in [6, 6.07) is 6.44. The number of rotatable bonds is 4. The van der Waals surface area contributed by atoms with Gasteiger partial charge in [0.15, 0.2) is 6.29 Å². The third-order valence-corrected chi connectivity index (χ3v) is 3.04. The Morgan fingerprint density at radius 2 is 2.00 bits per heavy atom. The van der Waals surface area contributed by atoms with E-state index in [0.717, 1.165) is 0 Å². The van der Waals surface area contributed by atoms with Gasteiger partial charge in [-0.3, -0.25) is 4.79 Å². The van der Waals surface area contributed by atoms with Crippen LogP contribution < -0.4 is 10.1 Å². The normalized spacial score (nSPS) is 9.65. The Kier molecular flexibility index (Phi) is 4.27. The molecule has 2 rings (SSSR count). The largest absolute Gasteiger partial charge is 0.421 e. The van der Waals surface area contributed by atoms with Crippen LogP contribution in [0.15, 0.2) is 28.7 Å². The molecule has 2 aromatic heterocycles. The van der Waals surface area contributed by atoms with Gasteiger partial charge in [0.25, 0.3) is 0 Å². The van der Waals surface area contributed by atoms with Crippen molar-refractivity contribution in [2.75, 3.05) is 12.4 Å². The van der Waals surface area contributed by atoms with Crippen molar-refractivity contribution in [1.82, 2.24) is 9.97 Å². The zero-order valence-electron chi connectivity index (χ0n) is 10.4. The summed E-state index contributed by atoms with van der Waals surface area (Å²) in [5, 5.41) is 2.82. The third-order valence-electron chi connectivity index (χ3n) is 2.37. The van der Waals surface area contributed by atoms with E-state index < -0.39 is 0 Å². The average molecular weight is 333 g/mol. The molecule has 0 saturated carbocycles. The average Bonchev–Trinajstić information content (AvgIpc) is 2.49. The molecule has 0 radical (unpaired) electrons. The van der Waals surface area contributed by atoms with Crippen LogP contribution in [-0.4, -0.2) is 23.3 Å². The van der Waals surface area contributed by atoms with Gasteiger partial charge in [-0.15, -0.1) is 0 Å². The fourth-order valence-electron chi connectivity index (χ4n) is 1.45. The van der Waals surface area contributed by atoms with Crippen molar-refractivity contribution < 1.29 is 9.53 Å². The molecule has 0 saturated heterocycles. The Labute approximate surface area is 123 Å². The van der Waals surface area contributed by atoms with Crippen molar-refractivity contribution in [1.29, 1.82) is 0 Å². The van der Waals surface area contributed by atoms with Gasteiger partial charge in [-0.05, 0) is 34.1 Å². The number of anilines is 1. The minimum absolute atomic E-state index is 0.245. The zero-order chi connectivity index (χ0) is 14.5. The van der Waals surface area contributed by atoms with Crippen molar-refractivity contribution in [2.45, 2.75) is 0 Å². The van der Waals surface area contributed by atoms with Gasteiger partial charge in [0.05, 0.1) is 6.57 Å². The van der Waals surface area contributed by atoms with Crippen LogP contribution in [0.1, 0.15) is 10.5 Å². The Morgan fingerprint density at radius 3 is 2.65 bits per heavy atom. The number of hydrogen-bond acceptors (Lipinski definition) is 5. The number of aldehydes is 1. The van der Waals surface area contributed by atoms with Crippen molar-refractivity contribution in [3.63, 3.8) is 0 Å². The molecule has 0 unspecified atom stereocenters. The molecule has 2 aromatic rings. The molecule has 100 valence electrons. The number of nitrogens with zero attached hydrogens (tertiary/aromatic N) is 3. The van der Waals surface area contributed by atoms with Gasteiger partial charge in [0.2, 0.25) is 17.4 Å². The van der Waals surface area contributed by atoms with Gasteiger partial charge in [-0.1, -0.05) is 0 Å². The second-order valence-corrected chi connectivity index (χ2v) is 4.47. The van der Waals surface area contributed by atoms with E-state index in [4.69, 9.17) is 11.3 Å². The molecule has 0 aliphatic heterocycles. The number of pyridine rings is 2. The zero-order valence-corrected chi connectivity index (χ0v) is 12.0. The van der Waals surface area contributed by atoms with Crippen LogP contribution in [0, 0.1) is 6.57 Å². The summed E-state index contributed by atoms with van der Waals surface area (Å²) in [7, 11) is 1.67. The second kappa shape index (κ2) is 6.12. The Morgan fingerprint density at radius 1 is 1.30 bits per heavy atom. The molecule has 0 aliphatic rings. The number of aromatic nitrogens is 2. The van der Waals surface area contributed by atoms with Gasteiger partial charge in [-0.25, -0.2) is 14.8 Å². The molecular formula is C13H9BrN4O2. The summed E-state index contributed by atoms with van der Waals surface area (Å²) in [4.78, 5) is 22.3. The second-order valence-electron chi connectivity index (χ2n) is 3.62. The summed E-state index contributed by atoms with van der Waals surface area (Å²) in [6.07, 6.45) is 0.630. The van der Waals surface area contributed by atoms with Crippen LogP contribution in [-0.2, 0) is 0 Å². The highest BCUT2D eigenvalue weighted by molar-refractivity contribution is 9.10. The number of halogens is 1. The number of carbonyl (C=O) groups excluding carboxylic acids is 1. The SMILES string of the molecule is [C-]#[N+]c1ccc(Oc2ccc(Br)c(C=O)n2)nc1NC. The van der Waals surface area contributed by atoms with E-state index in [-0.39, 0.29) is 17.5 Å². The Bertz CT molecular complexity index is 697. The number of carbonyl (C=O) groups is 1. The molecule has 0 aliphatic carbocycles. The lowest BCUT2D eigenvalue weighted by Crippen LogP contribution is -1.97. The van der Waals surface area contributed by atoms with Crippen LogP contribution in [0.5, 0.6) is 11.8 Å². The summed E-state index contributed by atoms with van der Waals surface area (Å²) < 4.78 is 6.06. The molecule has 0 bridgehead atoms. The number of nitrogens with one attached hydrogen (secondary N) is 1. The summed E-state index contributed by atoms with van der Waals surface area (Å²) in [6.45, 7) is 7.00. The molecule has 2 heterocycles. The highest BCUT2D eigenvalue weighted by Crippen LogP contribution is 2.28. The predicted octanol–water partition coefficient (Wildman–Crippen LogP) is 3.44. The van der Waals surface area contributed by atoms with E-state index in [1.165, 1.54) is 0 Å². The number of hydrogen-bond donors (Lipinski definition) is 1. The molecule has 0 atom stereocenters. The molecule has 6 nitrogen and oxygen atoms in total. The lowest BCUT2D eigenvalue weighted by Gasteiger charge is -2.07. The van der Waals surface area contributed by atoms with Crippen LogP contribution in [0.4, 0.5) is 11.5 Å². The van der Waals surface area contributed by atoms with E-state index >= 15 is 0 Å². The van der Waals surface area contributed by atoms with E-state index in [2.05, 4.69) is 36.1 Å². The van der Waals surface area contributed by atoms with E-state index in [1.54, 1.807) is 31.3 Å². The van der Waals surface area contributed by atoms with Crippen LogP contribution in [0.25, 0.3) is 4.85 Å². The first kappa shape index (κ1) is 14.0. The van der Waals surface area contributed by atoms with Gasteiger partial charge < -0.3 is 10.1 Å². The number of ether oxygens (including phenoxy) is 1. The highest BCUT2D eigenvalue weighted by Gasteiger charge is 2.08. The molecule has 0 fully saturated rings. The Hall–Kier alpha value is -2.46. The molecular weight excluding hydrogens is 324 g/mol. The molecule has 1 N–H and O–H groups in total. The maximum atomic E-state index is 10.8. The topological polar surface area (TPSA) is 68.5 Å². The standard InChI is InChI=1S/C13H9BrN4O2/c1-15-9-4-6-12(18-13(9)16-2)20-11-5-3-8(14)10(7-19)17-11/h3-7H,2H3,(H,16,18). The molecule has 0 aromatic carbocycles. The fraction of sp³-hybridized carbons (Fsp3) is 0.0769. The quantitative estimate of drug-likeness (QED) is 0.686. The lowest BCUT2D eigenvalue weighted by atomic mass is 10.3. The first-order valence-electron chi connectivity index (χ1n) is 5.53. The summed E-state index contributed by atoms with van der Waals surface area (Å²) >= 11 is 3.21. The van der Waals surface area contributed by atoms with Crippen molar-refractivity contribution in [3.8, 4) is 11.8 Å². The smallest absolute Gasteiger partial charge is 0.228 e. The van der Waals surface area contributed by atoms with Gasteiger partial charge >= 0.3 is 0 Å². The van der Waals surface area contributed by atoms with E-state index in [0.29, 0.717) is 22.3 Å². The van der Waals surface area contributed by atoms with Crippen LogP contribution in [0.2, 0.25) is 0 Å². The summed E-state index contributed by atoms with van der Waals surface area (Å²) in [5.41, 5.74) is 0.645. The predicted molar refractivity (Wildman–Crippen MR) is 77.4 cm³/mol. The molecule has 7 heteroatoms. The summed E-state index contributed by atoms with van der Waals surface area (Å²) in [5.74, 6) is 0.957. The van der Waals surface area contributed by atoms with Crippen molar-refractivity contribution in [3.05, 3.63) is 45.8 Å². The first-order chi connectivity index (χ1) is 9.67. The van der Waals surface area contributed by atoms with Gasteiger partial charge in [0, 0.05) is 17.6 Å². The maximum absolute atomic E-state index is 10.8. The molecule has 0 amide bonds. The van der Waals surface area contributed by atoms with Crippen molar-refractivity contribution in [2.24, 2.45) is 0 Å². The third kappa shape index (κ3) is 2.92. The van der Waals surface area contributed by atoms with Gasteiger partial charge in [0.1, 0.15) is 11.5 Å². The minimum atomic E-state index is 0.245.